The number of carbonyl (C=O) groups is 1. The van der Waals surface area contributed by atoms with E-state index in [1.54, 1.807) is 14.0 Å². The van der Waals surface area contributed by atoms with Gasteiger partial charge in [-0.2, -0.15) is 5.10 Å². The lowest BCUT2D eigenvalue weighted by Gasteiger charge is -2.59. The summed E-state index contributed by atoms with van der Waals surface area (Å²) in [6, 6.07) is 0.0744. The molecule has 1 amide bonds. The Hall–Kier alpha value is -1.92. The molecular weight excluding hydrogens is 332 g/mol. The van der Waals surface area contributed by atoms with Gasteiger partial charge < -0.3 is 5.32 Å². The Balaban J connectivity index is 1.59. The molecule has 1 aromatic rings. The second kappa shape index (κ2) is 6.06. The molecule has 1 heterocycles. The van der Waals surface area contributed by atoms with Crippen molar-refractivity contribution in [2.75, 3.05) is 0 Å². The van der Waals surface area contributed by atoms with Gasteiger partial charge in [-0.25, -0.2) is 0 Å². The number of nitrogens with zero attached hydrogens (tertiary/aromatic N) is 3. The summed E-state index contributed by atoms with van der Waals surface area (Å²) >= 11 is 0. The quantitative estimate of drug-likeness (QED) is 0.644. The summed E-state index contributed by atoms with van der Waals surface area (Å²) in [4.78, 5) is 23.8. The molecule has 1 atom stereocenters. The molecule has 142 valence electrons. The van der Waals surface area contributed by atoms with Crippen LogP contribution in [0.25, 0.3) is 0 Å². The van der Waals surface area contributed by atoms with Gasteiger partial charge in [-0.3, -0.25) is 19.6 Å². The van der Waals surface area contributed by atoms with Crippen LogP contribution in [0.3, 0.4) is 0 Å². The molecule has 0 saturated heterocycles. The lowest BCUT2D eigenvalue weighted by Crippen LogP contribution is -2.56. The fourth-order valence-corrected chi connectivity index (χ4v) is 6.49. The lowest BCUT2D eigenvalue weighted by molar-refractivity contribution is -0.385. The summed E-state index contributed by atoms with van der Waals surface area (Å²) in [5.41, 5.74) is 0.351. The first kappa shape index (κ1) is 17.5. The van der Waals surface area contributed by atoms with E-state index in [4.69, 9.17) is 0 Å². The number of hydrogen-bond acceptors (Lipinski definition) is 4. The molecule has 7 heteroatoms. The molecule has 4 saturated carbocycles. The summed E-state index contributed by atoms with van der Waals surface area (Å²) < 4.78 is 1.42. The SMILES string of the molecule is CC[C@@H](NC(=O)c1nn(C)c(C)c1[N+](=O)[O-])C12CC3CC(CC(C3)C1)C2. The van der Waals surface area contributed by atoms with Gasteiger partial charge in [0.15, 0.2) is 0 Å². The minimum Gasteiger partial charge on any atom is -0.347 e. The van der Waals surface area contributed by atoms with E-state index in [9.17, 15) is 14.9 Å². The molecule has 4 fully saturated rings. The first-order valence-corrected chi connectivity index (χ1v) is 9.81. The van der Waals surface area contributed by atoms with Crippen LogP contribution in [0, 0.1) is 40.2 Å². The smallest absolute Gasteiger partial charge is 0.322 e. The van der Waals surface area contributed by atoms with Crippen molar-refractivity contribution in [3.63, 3.8) is 0 Å². The molecule has 4 aliphatic carbocycles. The van der Waals surface area contributed by atoms with Gasteiger partial charge in [-0.05, 0) is 75.0 Å². The van der Waals surface area contributed by atoms with Crippen molar-refractivity contribution >= 4 is 11.6 Å². The van der Waals surface area contributed by atoms with Gasteiger partial charge in [0.2, 0.25) is 5.69 Å². The molecule has 0 unspecified atom stereocenters. The second-order valence-electron chi connectivity index (χ2n) is 8.88. The normalized spacial score (nSPS) is 33.3. The van der Waals surface area contributed by atoms with E-state index >= 15 is 0 Å². The summed E-state index contributed by atoms with van der Waals surface area (Å²) in [6.45, 7) is 3.74. The van der Waals surface area contributed by atoms with Gasteiger partial charge in [-0.1, -0.05) is 6.92 Å². The maximum absolute atomic E-state index is 12.9. The summed E-state index contributed by atoms with van der Waals surface area (Å²) in [7, 11) is 1.63. The Morgan fingerprint density at radius 2 is 1.85 bits per heavy atom. The van der Waals surface area contributed by atoms with Crippen LogP contribution >= 0.6 is 0 Å². The van der Waals surface area contributed by atoms with Crippen LogP contribution < -0.4 is 5.32 Å². The van der Waals surface area contributed by atoms with Crippen LogP contribution in [0.15, 0.2) is 0 Å². The summed E-state index contributed by atoms with van der Waals surface area (Å²) in [6.07, 6.45) is 8.51. The molecule has 4 bridgehead atoms. The molecule has 1 aromatic heterocycles. The van der Waals surface area contributed by atoms with Crippen molar-refractivity contribution in [1.29, 1.82) is 0 Å². The zero-order chi connectivity index (χ0) is 18.6. The molecule has 5 rings (SSSR count). The third kappa shape index (κ3) is 2.63. The number of aromatic nitrogens is 2. The fraction of sp³-hybridized carbons (Fsp3) is 0.789. The van der Waals surface area contributed by atoms with E-state index in [1.165, 1.54) is 43.2 Å². The maximum atomic E-state index is 12.9. The minimum absolute atomic E-state index is 0.0572. The van der Waals surface area contributed by atoms with Crippen molar-refractivity contribution in [2.24, 2.45) is 30.2 Å². The highest BCUT2D eigenvalue weighted by Crippen LogP contribution is 2.61. The third-order valence-electron chi connectivity index (χ3n) is 7.24. The van der Waals surface area contributed by atoms with Crippen LogP contribution in [-0.2, 0) is 7.05 Å². The molecule has 26 heavy (non-hydrogen) atoms. The Morgan fingerprint density at radius 1 is 1.31 bits per heavy atom. The third-order valence-corrected chi connectivity index (χ3v) is 7.24. The predicted molar refractivity (Wildman–Crippen MR) is 96.7 cm³/mol. The number of nitro groups is 1. The van der Waals surface area contributed by atoms with E-state index in [-0.39, 0.29) is 22.8 Å². The van der Waals surface area contributed by atoms with Gasteiger partial charge in [0.05, 0.1) is 4.92 Å². The van der Waals surface area contributed by atoms with Crippen molar-refractivity contribution in [3.05, 3.63) is 21.5 Å². The van der Waals surface area contributed by atoms with Gasteiger partial charge >= 0.3 is 5.69 Å². The molecule has 7 nitrogen and oxygen atoms in total. The number of carbonyl (C=O) groups excluding carboxylic acids is 1. The standard InChI is InChI=1S/C19H28N4O3/c1-4-15(19-8-12-5-13(9-19)7-14(6-12)10-19)20-18(24)16-17(23(25)26)11(2)22(3)21-16/h12-15H,4-10H2,1-3H3,(H,20,24)/t12?,13?,14?,15-,19?/m1/s1. The monoisotopic (exact) mass is 360 g/mol. The molecule has 0 spiro atoms. The highest BCUT2D eigenvalue weighted by molar-refractivity contribution is 5.96. The molecule has 1 N–H and O–H groups in total. The zero-order valence-electron chi connectivity index (χ0n) is 15.8. The van der Waals surface area contributed by atoms with Crippen LogP contribution in [0.2, 0.25) is 0 Å². The fourth-order valence-electron chi connectivity index (χ4n) is 6.49. The zero-order valence-corrected chi connectivity index (χ0v) is 15.8. The summed E-state index contributed by atoms with van der Waals surface area (Å²) in [5, 5.41) is 18.7. The largest absolute Gasteiger partial charge is 0.347 e. The van der Waals surface area contributed by atoms with E-state index in [1.807, 2.05) is 0 Å². The first-order chi connectivity index (χ1) is 12.3. The molecule has 0 aromatic carbocycles. The average molecular weight is 360 g/mol. The minimum atomic E-state index is -0.497. The number of amides is 1. The van der Waals surface area contributed by atoms with E-state index < -0.39 is 10.8 Å². The Morgan fingerprint density at radius 3 is 2.31 bits per heavy atom. The topological polar surface area (TPSA) is 90.1 Å². The Bertz CT molecular complexity index is 719. The van der Waals surface area contributed by atoms with Crippen LogP contribution in [-0.4, -0.2) is 26.7 Å². The molecular formula is C19H28N4O3. The van der Waals surface area contributed by atoms with Crippen molar-refractivity contribution in [3.8, 4) is 0 Å². The van der Waals surface area contributed by atoms with Gasteiger partial charge in [0, 0.05) is 13.1 Å². The molecule has 0 radical (unpaired) electrons. The Kier molecular flexibility index (Phi) is 4.08. The van der Waals surface area contributed by atoms with E-state index in [0.717, 1.165) is 24.2 Å². The number of aryl methyl sites for hydroxylation is 1. The highest BCUT2D eigenvalue weighted by atomic mass is 16.6. The highest BCUT2D eigenvalue weighted by Gasteiger charge is 2.54. The number of rotatable bonds is 5. The van der Waals surface area contributed by atoms with Gasteiger partial charge in [0.1, 0.15) is 5.69 Å². The van der Waals surface area contributed by atoms with Gasteiger partial charge in [-0.15, -0.1) is 0 Å². The number of nitrogens with one attached hydrogen (secondary N) is 1. The van der Waals surface area contributed by atoms with Crippen molar-refractivity contribution in [1.82, 2.24) is 15.1 Å². The summed E-state index contributed by atoms with van der Waals surface area (Å²) in [5.74, 6) is 2.01. The van der Waals surface area contributed by atoms with Crippen LogP contribution in [0.5, 0.6) is 0 Å². The van der Waals surface area contributed by atoms with Crippen molar-refractivity contribution in [2.45, 2.75) is 64.8 Å². The van der Waals surface area contributed by atoms with E-state index in [0.29, 0.717) is 5.69 Å². The van der Waals surface area contributed by atoms with Gasteiger partial charge in [0.25, 0.3) is 5.91 Å². The van der Waals surface area contributed by atoms with Crippen molar-refractivity contribution < 1.29 is 9.72 Å². The molecule has 4 aliphatic rings. The van der Waals surface area contributed by atoms with Crippen LogP contribution in [0.1, 0.15) is 68.1 Å². The molecule has 0 aliphatic heterocycles. The second-order valence-corrected chi connectivity index (χ2v) is 8.88. The van der Waals surface area contributed by atoms with E-state index in [2.05, 4.69) is 17.3 Å². The number of hydrogen-bond donors (Lipinski definition) is 1. The average Bonchev–Trinajstić information content (AvgIpc) is 2.86. The first-order valence-electron chi connectivity index (χ1n) is 9.81. The van der Waals surface area contributed by atoms with Crippen LogP contribution in [0.4, 0.5) is 5.69 Å². The maximum Gasteiger partial charge on any atom is 0.322 e. The predicted octanol–water partition coefficient (Wildman–Crippen LogP) is 3.36. The Labute approximate surface area is 153 Å². The lowest BCUT2D eigenvalue weighted by atomic mass is 9.47.